The minimum Gasteiger partial charge on any atom is -0.372 e. The topological polar surface area (TPSA) is 70.2 Å². The number of amides is 3. The molecule has 5 rings (SSSR count). The average molecular weight is 468 g/mol. The molecule has 2 aromatic rings. The zero-order valence-corrected chi connectivity index (χ0v) is 19.8. The molecule has 0 bridgehead atoms. The lowest BCUT2D eigenvalue weighted by molar-refractivity contribution is -0.148. The Morgan fingerprint density at radius 2 is 1.76 bits per heavy atom. The second-order valence-corrected chi connectivity index (χ2v) is 10.3. The van der Waals surface area contributed by atoms with Crippen LogP contribution < -0.4 is 4.90 Å². The van der Waals surface area contributed by atoms with E-state index in [-0.39, 0.29) is 35.8 Å². The monoisotopic (exact) mass is 467 g/mol. The quantitative estimate of drug-likeness (QED) is 0.645. The molecule has 2 fully saturated rings. The Bertz CT molecular complexity index is 1050. The molecule has 0 spiro atoms. The molecule has 4 heterocycles. The number of piperidine rings is 1. The van der Waals surface area contributed by atoms with Gasteiger partial charge in [-0.3, -0.25) is 19.3 Å². The van der Waals surface area contributed by atoms with E-state index in [1.54, 1.807) is 6.07 Å². The molecule has 1 aromatic heterocycles. The number of benzene rings is 1. The van der Waals surface area contributed by atoms with Gasteiger partial charge in [0.1, 0.15) is 0 Å². The summed E-state index contributed by atoms with van der Waals surface area (Å²) in [6.45, 7) is 6.99. The standard InChI is InChI=1S/C25H29N3O4S/c1-16-13-27(14-17(2)32-16)23(29)18-8-10-26(11-9-18)21-7-3-6-20-22(21)25(31)28(24(20)30)15-19-5-4-12-33-19/h3-7,12,16-18H,8-11,13-15H2,1-2H3/t16-,17+. The first kappa shape index (κ1) is 22.1. The van der Waals surface area contributed by atoms with Crippen LogP contribution in [0.2, 0.25) is 0 Å². The number of carbonyl (C=O) groups excluding carboxylic acids is 3. The van der Waals surface area contributed by atoms with Crippen molar-refractivity contribution < 1.29 is 19.1 Å². The van der Waals surface area contributed by atoms with Gasteiger partial charge in [0.25, 0.3) is 11.8 Å². The maximum atomic E-state index is 13.2. The molecule has 8 heteroatoms. The van der Waals surface area contributed by atoms with E-state index in [0.29, 0.717) is 43.9 Å². The number of hydrogen-bond donors (Lipinski definition) is 0. The molecule has 0 aliphatic carbocycles. The molecule has 0 N–H and O–H groups in total. The number of rotatable bonds is 4. The second kappa shape index (κ2) is 8.91. The summed E-state index contributed by atoms with van der Waals surface area (Å²) in [6.07, 6.45) is 1.60. The molecule has 33 heavy (non-hydrogen) atoms. The second-order valence-electron chi connectivity index (χ2n) is 9.24. The summed E-state index contributed by atoms with van der Waals surface area (Å²) in [5, 5.41) is 1.95. The normalized spacial score (nSPS) is 23.9. The van der Waals surface area contributed by atoms with Gasteiger partial charge in [-0.1, -0.05) is 12.1 Å². The van der Waals surface area contributed by atoms with Gasteiger partial charge in [0, 0.05) is 37.0 Å². The van der Waals surface area contributed by atoms with Crippen LogP contribution in [0.1, 0.15) is 52.3 Å². The number of ether oxygens (including phenoxy) is 1. The highest BCUT2D eigenvalue weighted by Gasteiger charge is 2.40. The molecule has 7 nitrogen and oxygen atoms in total. The van der Waals surface area contributed by atoms with Crippen LogP contribution in [0.5, 0.6) is 0 Å². The zero-order chi connectivity index (χ0) is 23.1. The van der Waals surface area contributed by atoms with Gasteiger partial charge >= 0.3 is 0 Å². The van der Waals surface area contributed by atoms with Crippen LogP contribution >= 0.6 is 11.3 Å². The van der Waals surface area contributed by atoms with Crippen molar-refractivity contribution in [3.63, 3.8) is 0 Å². The molecule has 1 aromatic carbocycles. The zero-order valence-electron chi connectivity index (χ0n) is 19.0. The van der Waals surface area contributed by atoms with E-state index in [1.807, 2.05) is 48.4 Å². The number of imide groups is 1. The van der Waals surface area contributed by atoms with Gasteiger partial charge in [0.15, 0.2) is 0 Å². The minimum atomic E-state index is -0.231. The molecule has 2 atom stereocenters. The van der Waals surface area contributed by atoms with Crippen LogP contribution in [0.4, 0.5) is 5.69 Å². The number of carbonyl (C=O) groups is 3. The summed E-state index contributed by atoms with van der Waals surface area (Å²) in [6, 6.07) is 9.37. The predicted molar refractivity (Wildman–Crippen MR) is 126 cm³/mol. The molecule has 2 saturated heterocycles. The molecule has 174 valence electrons. The first-order valence-corrected chi connectivity index (χ1v) is 12.5. The Kier molecular flexibility index (Phi) is 5.97. The average Bonchev–Trinajstić information content (AvgIpc) is 3.41. The SMILES string of the molecule is C[C@@H]1CN(C(=O)C2CCN(c3cccc4c3C(=O)N(Cc3cccs3)C4=O)CC2)C[C@H](C)O1. The summed E-state index contributed by atoms with van der Waals surface area (Å²) in [7, 11) is 0. The van der Waals surface area contributed by atoms with Crippen LogP contribution in [-0.4, -0.2) is 65.9 Å². The number of hydrogen-bond acceptors (Lipinski definition) is 6. The minimum absolute atomic E-state index is 0.0110. The molecule has 3 aliphatic heterocycles. The van der Waals surface area contributed by atoms with E-state index in [4.69, 9.17) is 4.74 Å². The van der Waals surface area contributed by atoms with Gasteiger partial charge < -0.3 is 14.5 Å². The Morgan fingerprint density at radius 3 is 2.42 bits per heavy atom. The highest BCUT2D eigenvalue weighted by atomic mass is 32.1. The summed E-state index contributed by atoms with van der Waals surface area (Å²) >= 11 is 1.54. The van der Waals surface area contributed by atoms with Crippen molar-refractivity contribution in [2.75, 3.05) is 31.1 Å². The molecular weight excluding hydrogens is 438 g/mol. The van der Waals surface area contributed by atoms with Gasteiger partial charge in [-0.25, -0.2) is 0 Å². The lowest BCUT2D eigenvalue weighted by Crippen LogP contribution is -2.51. The smallest absolute Gasteiger partial charge is 0.264 e. The first-order valence-electron chi connectivity index (χ1n) is 11.6. The van der Waals surface area contributed by atoms with Crippen LogP contribution in [0.3, 0.4) is 0 Å². The lowest BCUT2D eigenvalue weighted by Gasteiger charge is -2.39. The van der Waals surface area contributed by atoms with Crippen LogP contribution in [-0.2, 0) is 16.1 Å². The Hall–Kier alpha value is -2.71. The van der Waals surface area contributed by atoms with E-state index in [9.17, 15) is 14.4 Å². The molecular formula is C25H29N3O4S. The first-order chi connectivity index (χ1) is 15.9. The molecule has 0 radical (unpaired) electrons. The van der Waals surface area contributed by atoms with Gasteiger partial charge in [0.05, 0.1) is 35.6 Å². The third-order valence-electron chi connectivity index (χ3n) is 6.79. The largest absolute Gasteiger partial charge is 0.372 e. The van der Waals surface area contributed by atoms with Gasteiger partial charge in [-0.2, -0.15) is 0 Å². The van der Waals surface area contributed by atoms with Crippen molar-refractivity contribution in [1.29, 1.82) is 0 Å². The predicted octanol–water partition coefficient (Wildman–Crippen LogP) is 3.40. The number of thiophene rings is 1. The third-order valence-corrected chi connectivity index (χ3v) is 7.65. The number of fused-ring (bicyclic) bond motifs is 1. The van der Waals surface area contributed by atoms with Crippen molar-refractivity contribution in [2.24, 2.45) is 5.92 Å². The lowest BCUT2D eigenvalue weighted by atomic mass is 9.93. The van der Waals surface area contributed by atoms with Crippen LogP contribution in [0.25, 0.3) is 0 Å². The van der Waals surface area contributed by atoms with Gasteiger partial charge in [-0.15, -0.1) is 11.3 Å². The fraction of sp³-hybridized carbons (Fsp3) is 0.480. The summed E-state index contributed by atoms with van der Waals surface area (Å²) < 4.78 is 5.77. The van der Waals surface area contributed by atoms with E-state index in [0.717, 1.165) is 23.4 Å². The highest BCUT2D eigenvalue weighted by Crippen LogP contribution is 2.35. The maximum absolute atomic E-state index is 13.2. The van der Waals surface area contributed by atoms with E-state index < -0.39 is 0 Å². The van der Waals surface area contributed by atoms with Crippen LogP contribution in [0, 0.1) is 5.92 Å². The highest BCUT2D eigenvalue weighted by molar-refractivity contribution is 7.09. The molecule has 3 aliphatic rings. The molecule has 0 unspecified atom stereocenters. The number of morpholine rings is 1. The summed E-state index contributed by atoms with van der Waals surface area (Å²) in [5.74, 6) is -0.258. The Morgan fingerprint density at radius 1 is 1.03 bits per heavy atom. The van der Waals surface area contributed by atoms with E-state index >= 15 is 0 Å². The van der Waals surface area contributed by atoms with Crippen molar-refractivity contribution >= 4 is 34.7 Å². The Balaban J connectivity index is 1.29. The van der Waals surface area contributed by atoms with Crippen molar-refractivity contribution in [2.45, 2.75) is 45.4 Å². The van der Waals surface area contributed by atoms with Crippen LogP contribution in [0.15, 0.2) is 35.7 Å². The van der Waals surface area contributed by atoms with Crippen molar-refractivity contribution in [3.8, 4) is 0 Å². The fourth-order valence-corrected chi connectivity index (χ4v) is 5.96. The van der Waals surface area contributed by atoms with Gasteiger partial charge in [-0.05, 0) is 50.3 Å². The maximum Gasteiger partial charge on any atom is 0.264 e. The van der Waals surface area contributed by atoms with E-state index in [1.165, 1.54) is 16.2 Å². The third kappa shape index (κ3) is 4.17. The molecule has 3 amide bonds. The fourth-order valence-electron chi connectivity index (χ4n) is 5.26. The van der Waals surface area contributed by atoms with Gasteiger partial charge in [0.2, 0.25) is 5.91 Å². The number of anilines is 1. The Labute approximate surface area is 197 Å². The van der Waals surface area contributed by atoms with E-state index in [2.05, 4.69) is 4.90 Å². The van der Waals surface area contributed by atoms with Crippen molar-refractivity contribution in [3.05, 3.63) is 51.7 Å². The summed E-state index contributed by atoms with van der Waals surface area (Å²) in [4.78, 5) is 45.8. The summed E-state index contributed by atoms with van der Waals surface area (Å²) in [5.41, 5.74) is 1.78. The molecule has 0 saturated carbocycles. The van der Waals surface area contributed by atoms with Crippen molar-refractivity contribution in [1.82, 2.24) is 9.80 Å². The number of nitrogens with zero attached hydrogens (tertiary/aromatic N) is 3.